The van der Waals surface area contributed by atoms with E-state index in [1.807, 2.05) is 0 Å². The molecular weight excluding hydrogens is 186 g/mol. The second-order valence-corrected chi connectivity index (χ2v) is 5.29. The Kier molecular flexibility index (Phi) is 4.00. The minimum absolute atomic E-state index is 0.748. The molecule has 0 aromatic heterocycles. The van der Waals surface area contributed by atoms with E-state index in [9.17, 15) is 0 Å². The number of hydrogen-bond acceptors (Lipinski definition) is 3. The summed E-state index contributed by atoms with van der Waals surface area (Å²) in [5, 5.41) is 3.45. The zero-order valence-corrected chi connectivity index (χ0v) is 10.2. The van der Waals surface area contributed by atoms with Crippen LogP contribution in [-0.4, -0.2) is 62.2 Å². The Bertz CT molecular complexity index is 189. The van der Waals surface area contributed by atoms with E-state index < -0.39 is 0 Å². The molecule has 0 aromatic rings. The van der Waals surface area contributed by atoms with Crippen molar-refractivity contribution < 1.29 is 0 Å². The molecule has 1 N–H and O–H groups in total. The van der Waals surface area contributed by atoms with Crippen LogP contribution >= 0.6 is 0 Å². The van der Waals surface area contributed by atoms with Crippen molar-refractivity contribution in [2.75, 3.05) is 46.3 Å². The van der Waals surface area contributed by atoms with Gasteiger partial charge in [-0.25, -0.2) is 0 Å². The first kappa shape index (κ1) is 11.4. The number of nitrogens with zero attached hydrogens (tertiary/aromatic N) is 2. The number of piperazine rings is 1. The van der Waals surface area contributed by atoms with Gasteiger partial charge in [0.15, 0.2) is 0 Å². The first-order valence-electron chi connectivity index (χ1n) is 6.39. The van der Waals surface area contributed by atoms with Crippen molar-refractivity contribution >= 4 is 0 Å². The fourth-order valence-corrected chi connectivity index (χ4v) is 2.82. The van der Waals surface area contributed by atoms with Crippen LogP contribution in [0.5, 0.6) is 0 Å². The van der Waals surface area contributed by atoms with Crippen molar-refractivity contribution in [1.82, 2.24) is 15.1 Å². The summed E-state index contributed by atoms with van der Waals surface area (Å²) in [7, 11) is 2.23. The third-order valence-electron chi connectivity index (χ3n) is 3.96. The summed E-state index contributed by atoms with van der Waals surface area (Å²) >= 11 is 0. The molecule has 0 aliphatic carbocycles. The molecule has 2 fully saturated rings. The number of nitrogens with one attached hydrogen (secondary N) is 1. The quantitative estimate of drug-likeness (QED) is 0.738. The predicted octanol–water partition coefficient (Wildman–Crippen LogP) is 0.622. The standard InChI is InChI=1S/C12H25N3/c1-11-10-14(2)7-8-15(11)6-4-12-3-5-13-9-12/h11-13H,3-10H2,1-2H3. The van der Waals surface area contributed by atoms with E-state index in [2.05, 4.69) is 29.1 Å². The maximum Gasteiger partial charge on any atom is 0.0195 e. The second kappa shape index (κ2) is 5.28. The molecule has 0 spiro atoms. The van der Waals surface area contributed by atoms with Crippen LogP contribution in [0.2, 0.25) is 0 Å². The van der Waals surface area contributed by atoms with Crippen molar-refractivity contribution in [3.8, 4) is 0 Å². The summed E-state index contributed by atoms with van der Waals surface area (Å²) in [5.41, 5.74) is 0. The Morgan fingerprint density at radius 1 is 1.33 bits per heavy atom. The van der Waals surface area contributed by atoms with Gasteiger partial charge in [-0.3, -0.25) is 4.90 Å². The largest absolute Gasteiger partial charge is 0.316 e. The maximum absolute atomic E-state index is 3.45. The Hall–Kier alpha value is -0.120. The molecule has 0 bridgehead atoms. The van der Waals surface area contributed by atoms with E-state index in [1.165, 1.54) is 52.1 Å². The fraction of sp³-hybridized carbons (Fsp3) is 1.00. The number of likely N-dealkylation sites (N-methyl/N-ethyl adjacent to an activating group) is 1. The van der Waals surface area contributed by atoms with E-state index in [0.717, 1.165) is 12.0 Å². The minimum atomic E-state index is 0.748. The van der Waals surface area contributed by atoms with E-state index in [1.54, 1.807) is 0 Å². The van der Waals surface area contributed by atoms with Gasteiger partial charge in [-0.05, 0) is 52.4 Å². The van der Waals surface area contributed by atoms with Gasteiger partial charge in [0.1, 0.15) is 0 Å². The van der Waals surface area contributed by atoms with Crippen LogP contribution in [0.15, 0.2) is 0 Å². The van der Waals surface area contributed by atoms with Crippen LogP contribution in [-0.2, 0) is 0 Å². The Morgan fingerprint density at radius 3 is 2.87 bits per heavy atom. The third kappa shape index (κ3) is 3.16. The van der Waals surface area contributed by atoms with Gasteiger partial charge in [-0.1, -0.05) is 0 Å². The summed E-state index contributed by atoms with van der Waals surface area (Å²) in [5.74, 6) is 0.942. The van der Waals surface area contributed by atoms with Crippen LogP contribution in [0.3, 0.4) is 0 Å². The van der Waals surface area contributed by atoms with E-state index in [4.69, 9.17) is 0 Å². The topological polar surface area (TPSA) is 18.5 Å². The first-order chi connectivity index (χ1) is 7.25. The highest BCUT2D eigenvalue weighted by Crippen LogP contribution is 2.15. The summed E-state index contributed by atoms with van der Waals surface area (Å²) < 4.78 is 0. The highest BCUT2D eigenvalue weighted by atomic mass is 15.3. The Labute approximate surface area is 93.8 Å². The third-order valence-corrected chi connectivity index (χ3v) is 3.96. The van der Waals surface area contributed by atoms with Gasteiger partial charge >= 0.3 is 0 Å². The number of hydrogen-bond donors (Lipinski definition) is 1. The van der Waals surface area contributed by atoms with Crippen molar-refractivity contribution in [1.29, 1.82) is 0 Å². The summed E-state index contributed by atoms with van der Waals surface area (Å²) in [6.45, 7) is 9.91. The molecule has 2 aliphatic rings. The van der Waals surface area contributed by atoms with E-state index >= 15 is 0 Å². The second-order valence-electron chi connectivity index (χ2n) is 5.29. The van der Waals surface area contributed by atoms with Crippen LogP contribution in [0.1, 0.15) is 19.8 Å². The molecule has 2 atom stereocenters. The molecule has 88 valence electrons. The van der Waals surface area contributed by atoms with Gasteiger partial charge in [0.2, 0.25) is 0 Å². The molecule has 0 amide bonds. The fourth-order valence-electron chi connectivity index (χ4n) is 2.82. The first-order valence-corrected chi connectivity index (χ1v) is 6.39. The maximum atomic E-state index is 3.45. The minimum Gasteiger partial charge on any atom is -0.316 e. The summed E-state index contributed by atoms with van der Waals surface area (Å²) in [6, 6.07) is 0.748. The van der Waals surface area contributed by atoms with Crippen molar-refractivity contribution in [3.05, 3.63) is 0 Å². The van der Waals surface area contributed by atoms with Crippen LogP contribution in [0, 0.1) is 5.92 Å². The monoisotopic (exact) mass is 211 g/mol. The molecule has 2 aliphatic heterocycles. The van der Waals surface area contributed by atoms with Gasteiger partial charge in [0.05, 0.1) is 0 Å². The highest BCUT2D eigenvalue weighted by Gasteiger charge is 2.22. The molecule has 3 nitrogen and oxygen atoms in total. The van der Waals surface area contributed by atoms with Gasteiger partial charge < -0.3 is 10.2 Å². The average Bonchev–Trinajstić information content (AvgIpc) is 2.69. The number of rotatable bonds is 3. The zero-order chi connectivity index (χ0) is 10.7. The van der Waals surface area contributed by atoms with Crippen LogP contribution in [0.25, 0.3) is 0 Å². The van der Waals surface area contributed by atoms with Crippen molar-refractivity contribution in [2.45, 2.75) is 25.8 Å². The normalized spacial score (nSPS) is 34.8. The molecule has 0 aromatic carbocycles. The molecule has 2 rings (SSSR count). The van der Waals surface area contributed by atoms with Crippen molar-refractivity contribution in [2.24, 2.45) is 5.92 Å². The van der Waals surface area contributed by atoms with Crippen LogP contribution < -0.4 is 5.32 Å². The van der Waals surface area contributed by atoms with Crippen LogP contribution in [0.4, 0.5) is 0 Å². The average molecular weight is 211 g/mol. The lowest BCUT2D eigenvalue weighted by atomic mass is 10.0. The Balaban J connectivity index is 1.69. The molecule has 2 saturated heterocycles. The molecular formula is C12H25N3. The van der Waals surface area contributed by atoms with Gasteiger partial charge in [-0.15, -0.1) is 0 Å². The highest BCUT2D eigenvalue weighted by molar-refractivity contribution is 4.79. The molecule has 0 radical (unpaired) electrons. The van der Waals surface area contributed by atoms with E-state index in [0.29, 0.717) is 0 Å². The van der Waals surface area contributed by atoms with E-state index in [-0.39, 0.29) is 0 Å². The lowest BCUT2D eigenvalue weighted by molar-refractivity contribution is 0.0951. The SMILES string of the molecule is CC1CN(C)CCN1CCC1CCNC1. The van der Waals surface area contributed by atoms with Gasteiger partial charge in [0.25, 0.3) is 0 Å². The lowest BCUT2D eigenvalue weighted by Crippen LogP contribution is -2.50. The molecule has 2 unspecified atom stereocenters. The summed E-state index contributed by atoms with van der Waals surface area (Å²) in [6.07, 6.45) is 2.78. The zero-order valence-electron chi connectivity index (χ0n) is 10.2. The Morgan fingerprint density at radius 2 is 2.20 bits per heavy atom. The van der Waals surface area contributed by atoms with Gasteiger partial charge in [-0.2, -0.15) is 0 Å². The smallest absolute Gasteiger partial charge is 0.0195 e. The molecule has 0 saturated carbocycles. The molecule has 15 heavy (non-hydrogen) atoms. The molecule has 2 heterocycles. The van der Waals surface area contributed by atoms with Crippen molar-refractivity contribution in [3.63, 3.8) is 0 Å². The molecule has 3 heteroatoms. The predicted molar refractivity (Wildman–Crippen MR) is 64.1 cm³/mol. The summed E-state index contributed by atoms with van der Waals surface area (Å²) in [4.78, 5) is 5.11. The van der Waals surface area contributed by atoms with Gasteiger partial charge in [0, 0.05) is 25.7 Å². The lowest BCUT2D eigenvalue weighted by Gasteiger charge is -2.38.